The van der Waals surface area contributed by atoms with Crippen LogP contribution in [0.25, 0.3) is 21.5 Å². The van der Waals surface area contributed by atoms with E-state index in [0.717, 1.165) is 90.1 Å². The summed E-state index contributed by atoms with van der Waals surface area (Å²) in [5.41, 5.74) is 7.75. The lowest BCUT2D eigenvalue weighted by atomic mass is 9.79. The van der Waals surface area contributed by atoms with Gasteiger partial charge in [0.25, 0.3) is 0 Å². The summed E-state index contributed by atoms with van der Waals surface area (Å²) in [7, 11) is 0. The third kappa shape index (κ3) is 10.1. The van der Waals surface area contributed by atoms with E-state index in [2.05, 4.69) is 128 Å². The maximum absolute atomic E-state index is 10.9. The Morgan fingerprint density at radius 3 is 1.72 bits per heavy atom. The number of carbonyl (C=O) groups is 2. The summed E-state index contributed by atoms with van der Waals surface area (Å²) >= 11 is 0. The van der Waals surface area contributed by atoms with Crippen molar-refractivity contribution in [2.24, 2.45) is 0 Å². The number of hydrogen-bond donors (Lipinski definition) is 2. The van der Waals surface area contributed by atoms with Crippen molar-refractivity contribution >= 4 is 50.6 Å². The molecule has 0 aliphatic carbocycles. The van der Waals surface area contributed by atoms with Gasteiger partial charge in [-0.25, -0.2) is 0 Å². The van der Waals surface area contributed by atoms with E-state index in [1.165, 1.54) is 61.9 Å². The molecule has 0 fully saturated rings. The number of nitrogens with zero attached hydrogens (tertiary/aromatic N) is 2. The number of carboxylic acid groups (broad SMARTS) is 2. The predicted molar refractivity (Wildman–Crippen MR) is 233 cm³/mol. The van der Waals surface area contributed by atoms with E-state index in [1.807, 2.05) is 0 Å². The zero-order valence-electron chi connectivity index (χ0n) is 34.7. The lowest BCUT2D eigenvalue weighted by molar-refractivity contribution is -0.438. The summed E-state index contributed by atoms with van der Waals surface area (Å²) < 4.78 is 2.58. The monoisotopic (exact) mass is 834 g/mol. The fourth-order valence-corrected chi connectivity index (χ4v) is 9.47. The lowest BCUT2D eigenvalue weighted by Crippen LogP contribution is -3.00. The van der Waals surface area contributed by atoms with Crippen LogP contribution in [0.5, 0.6) is 0 Å². The molecular formula is C50H63BrN2O4. The summed E-state index contributed by atoms with van der Waals surface area (Å²) in [4.78, 5) is 24.4. The molecule has 4 aromatic rings. The van der Waals surface area contributed by atoms with Crippen molar-refractivity contribution in [3.63, 3.8) is 0 Å². The van der Waals surface area contributed by atoms with Gasteiger partial charge < -0.3 is 32.1 Å². The molecule has 0 amide bonds. The van der Waals surface area contributed by atoms with E-state index in [9.17, 15) is 9.59 Å². The Hall–Kier alpha value is -4.23. The first-order valence-electron chi connectivity index (χ1n) is 21.3. The van der Waals surface area contributed by atoms with Crippen LogP contribution in [0.15, 0.2) is 96.7 Å². The second-order valence-corrected chi connectivity index (χ2v) is 17.1. The molecule has 4 aromatic carbocycles. The van der Waals surface area contributed by atoms with Gasteiger partial charge in [0.05, 0.1) is 5.41 Å². The molecule has 0 saturated carbocycles. The lowest BCUT2D eigenvalue weighted by Gasteiger charge is -2.27. The third-order valence-electron chi connectivity index (χ3n) is 12.3. The fraction of sp³-hybridized carbons (Fsp3) is 0.460. The molecule has 6 nitrogen and oxygen atoms in total. The first kappa shape index (κ1) is 43.9. The summed E-state index contributed by atoms with van der Waals surface area (Å²) in [6.45, 7) is 11.5. The number of hydrogen-bond acceptors (Lipinski definition) is 3. The highest BCUT2D eigenvalue weighted by Crippen LogP contribution is 2.51. The summed E-state index contributed by atoms with van der Waals surface area (Å²) in [5.74, 6) is -1.39. The van der Waals surface area contributed by atoms with Gasteiger partial charge in [-0.1, -0.05) is 126 Å². The van der Waals surface area contributed by atoms with E-state index in [4.69, 9.17) is 10.2 Å². The molecule has 7 heteroatoms. The molecular weight excluding hydrogens is 772 g/mol. The molecule has 304 valence electrons. The molecule has 2 aliphatic heterocycles. The van der Waals surface area contributed by atoms with Crippen molar-refractivity contribution in [2.45, 2.75) is 135 Å². The van der Waals surface area contributed by atoms with Crippen LogP contribution < -0.4 is 21.9 Å². The van der Waals surface area contributed by atoms with Gasteiger partial charge in [0, 0.05) is 60.3 Å². The molecule has 0 atom stereocenters. The minimum Gasteiger partial charge on any atom is -1.00 e. The van der Waals surface area contributed by atoms with Crippen LogP contribution in [0.2, 0.25) is 0 Å². The Balaban J connectivity index is 0.00000620. The molecule has 2 N–H and O–H groups in total. The van der Waals surface area contributed by atoms with Crippen molar-refractivity contribution < 1.29 is 41.4 Å². The molecule has 2 heterocycles. The van der Waals surface area contributed by atoms with Crippen molar-refractivity contribution in [2.75, 3.05) is 18.0 Å². The van der Waals surface area contributed by atoms with Crippen LogP contribution in [-0.2, 0) is 20.4 Å². The van der Waals surface area contributed by atoms with Gasteiger partial charge in [-0.05, 0) is 84.8 Å². The average molecular weight is 836 g/mol. The number of halogens is 1. The van der Waals surface area contributed by atoms with Gasteiger partial charge in [-0.2, -0.15) is 4.58 Å². The minimum absolute atomic E-state index is 0. The Labute approximate surface area is 351 Å². The number of rotatable bonds is 21. The first-order valence-corrected chi connectivity index (χ1v) is 21.3. The van der Waals surface area contributed by atoms with E-state index < -0.39 is 11.9 Å². The van der Waals surface area contributed by atoms with Crippen LogP contribution in [0.1, 0.15) is 135 Å². The van der Waals surface area contributed by atoms with Gasteiger partial charge in [0.1, 0.15) is 6.54 Å². The number of allylic oxidation sites excluding steroid dienone is 4. The molecule has 0 spiro atoms. The van der Waals surface area contributed by atoms with Crippen LogP contribution in [0.4, 0.5) is 11.4 Å². The number of benzene rings is 4. The second-order valence-electron chi connectivity index (χ2n) is 17.1. The Bertz CT molecular complexity index is 2130. The molecule has 0 bridgehead atoms. The summed E-state index contributed by atoms with van der Waals surface area (Å²) in [6, 6.07) is 26.8. The van der Waals surface area contributed by atoms with Gasteiger partial charge >= 0.3 is 11.9 Å². The maximum atomic E-state index is 10.9. The zero-order chi connectivity index (χ0) is 39.7. The highest BCUT2D eigenvalue weighted by atomic mass is 79.9. The van der Waals surface area contributed by atoms with E-state index in [1.54, 1.807) is 0 Å². The molecule has 0 radical (unpaired) electrons. The fourth-order valence-electron chi connectivity index (χ4n) is 9.47. The van der Waals surface area contributed by atoms with Gasteiger partial charge in [0.15, 0.2) is 5.71 Å². The van der Waals surface area contributed by atoms with Crippen LogP contribution in [0, 0.1) is 0 Å². The molecule has 2 aliphatic rings. The Kier molecular flexibility index (Phi) is 15.4. The normalized spacial score (nSPS) is 16.1. The number of fused-ring (bicyclic) bond motifs is 6. The SMILES string of the molecule is CC1(C)C(/C=C/C=C2\N(CCCCCCCCC(=O)O)c3ccc4ccccc4c3C2(C)C)=[N+](CCCCCCCCCC(=O)O)c2ccc3ccccc3c21.[Br-]. The minimum atomic E-state index is -0.698. The topological polar surface area (TPSA) is 80.9 Å². The number of anilines is 1. The van der Waals surface area contributed by atoms with Gasteiger partial charge in [-0.15, -0.1) is 0 Å². The van der Waals surface area contributed by atoms with Crippen LogP contribution in [0.3, 0.4) is 0 Å². The molecule has 0 aromatic heterocycles. The average Bonchev–Trinajstić information content (AvgIpc) is 3.53. The van der Waals surface area contributed by atoms with Crippen molar-refractivity contribution in [1.29, 1.82) is 0 Å². The Morgan fingerprint density at radius 2 is 1.12 bits per heavy atom. The highest BCUT2D eigenvalue weighted by molar-refractivity contribution is 6.07. The van der Waals surface area contributed by atoms with Crippen LogP contribution in [-0.4, -0.2) is 45.5 Å². The standard InChI is InChI=1S/C50H62N2O4.BrH/c1-49(2)43(51(35-20-12-8-5-6-10-14-29-45(53)54)41-33-31-37-23-16-18-25-39(37)47(41)49)27-22-28-44-50(3,4)48-40-26-19-17-24-38(40)32-34-42(48)52(44)36-21-13-9-7-11-15-30-46(55)56;/h16-19,22-28,31-34H,5-15,20-21,29-30,35-36H2,1-4H3,(H-,53,54,55,56);1H. The van der Waals surface area contributed by atoms with Crippen molar-refractivity contribution in [3.8, 4) is 0 Å². The molecule has 0 saturated heterocycles. The van der Waals surface area contributed by atoms with Gasteiger partial charge in [0.2, 0.25) is 5.69 Å². The number of aliphatic carboxylic acids is 2. The quantitative estimate of drug-likeness (QED) is 0.0646. The zero-order valence-corrected chi connectivity index (χ0v) is 36.3. The highest BCUT2D eigenvalue weighted by Gasteiger charge is 2.45. The summed E-state index contributed by atoms with van der Waals surface area (Å²) in [6.07, 6.45) is 21.3. The van der Waals surface area contributed by atoms with Crippen molar-refractivity contribution in [1.82, 2.24) is 0 Å². The maximum Gasteiger partial charge on any atom is 0.303 e. The number of carboxylic acids is 2. The van der Waals surface area contributed by atoms with E-state index >= 15 is 0 Å². The predicted octanol–water partition coefficient (Wildman–Crippen LogP) is 9.63. The van der Waals surface area contributed by atoms with Gasteiger partial charge in [-0.3, -0.25) is 9.59 Å². The second kappa shape index (κ2) is 20.0. The molecule has 57 heavy (non-hydrogen) atoms. The smallest absolute Gasteiger partial charge is 0.303 e. The summed E-state index contributed by atoms with van der Waals surface area (Å²) in [5, 5.41) is 23.1. The Morgan fingerprint density at radius 1 is 0.614 bits per heavy atom. The van der Waals surface area contributed by atoms with E-state index in [0.29, 0.717) is 0 Å². The van der Waals surface area contributed by atoms with Crippen LogP contribution >= 0.6 is 0 Å². The number of unbranched alkanes of at least 4 members (excludes halogenated alkanes) is 11. The molecule has 0 unspecified atom stereocenters. The van der Waals surface area contributed by atoms with Crippen molar-refractivity contribution in [3.05, 3.63) is 108 Å². The molecule has 6 rings (SSSR count). The first-order chi connectivity index (χ1) is 27.0. The van der Waals surface area contributed by atoms with E-state index in [-0.39, 0.29) is 40.7 Å². The largest absolute Gasteiger partial charge is 1.00 e. The third-order valence-corrected chi connectivity index (χ3v) is 12.3.